The Kier molecular flexibility index (Phi) is 5.40. The summed E-state index contributed by atoms with van der Waals surface area (Å²) in [6, 6.07) is 7.49. The smallest absolute Gasteiger partial charge is 0.344 e. The Hall–Kier alpha value is -3.04. The Morgan fingerprint density at radius 3 is 2.80 bits per heavy atom. The van der Waals surface area contributed by atoms with Crippen molar-refractivity contribution in [2.24, 2.45) is 0 Å². The molecule has 1 atom stereocenters. The predicted molar refractivity (Wildman–Crippen MR) is 113 cm³/mol. The second-order valence-corrected chi connectivity index (χ2v) is 8.47. The van der Waals surface area contributed by atoms with Crippen molar-refractivity contribution in [3.8, 4) is 16.3 Å². The average molecular weight is 426 g/mol. The average Bonchev–Trinajstić information content (AvgIpc) is 3.16. The maximum atomic E-state index is 11.0. The van der Waals surface area contributed by atoms with Crippen molar-refractivity contribution in [2.75, 3.05) is 5.32 Å². The van der Waals surface area contributed by atoms with Crippen molar-refractivity contribution in [1.82, 2.24) is 15.0 Å². The summed E-state index contributed by atoms with van der Waals surface area (Å²) in [6.07, 6.45) is 4.84. The fourth-order valence-electron chi connectivity index (χ4n) is 3.17. The van der Waals surface area contributed by atoms with E-state index in [4.69, 9.17) is 9.84 Å². The Balaban J connectivity index is 1.55. The number of aromatic nitrogens is 3. The number of benzene rings is 1. The van der Waals surface area contributed by atoms with Gasteiger partial charge in [0.05, 0.1) is 4.88 Å². The number of hydrogen-bond acceptors (Lipinski definition) is 8. The summed E-state index contributed by atoms with van der Waals surface area (Å²) in [5.41, 5.74) is 2.04. The first kappa shape index (κ1) is 20.2. The van der Waals surface area contributed by atoms with Gasteiger partial charge in [-0.05, 0) is 56.4 Å². The van der Waals surface area contributed by atoms with E-state index < -0.39 is 17.7 Å². The first-order valence-corrected chi connectivity index (χ1v) is 10.4. The van der Waals surface area contributed by atoms with Crippen LogP contribution >= 0.6 is 11.3 Å². The lowest BCUT2D eigenvalue weighted by atomic mass is 9.81. The second-order valence-electron chi connectivity index (χ2n) is 7.44. The summed E-state index contributed by atoms with van der Waals surface area (Å²) >= 11 is 1.51. The molecule has 1 aliphatic carbocycles. The number of rotatable bonds is 7. The summed E-state index contributed by atoms with van der Waals surface area (Å²) in [7, 11) is 0. The fourth-order valence-corrected chi connectivity index (χ4v) is 4.22. The van der Waals surface area contributed by atoms with Gasteiger partial charge in [0, 0.05) is 24.1 Å². The molecule has 0 radical (unpaired) electrons. The molecule has 3 N–H and O–H groups in total. The first-order valence-electron chi connectivity index (χ1n) is 9.63. The molecule has 0 bridgehead atoms. The molecule has 9 heteroatoms. The zero-order chi connectivity index (χ0) is 21.3. The number of ether oxygens (including phenoxy) is 1. The van der Waals surface area contributed by atoms with Gasteiger partial charge in [0.2, 0.25) is 11.8 Å². The molecule has 0 unspecified atom stereocenters. The van der Waals surface area contributed by atoms with E-state index in [1.807, 2.05) is 19.1 Å². The minimum atomic E-state index is -1.07. The van der Waals surface area contributed by atoms with Crippen LogP contribution in [0.4, 0.5) is 11.6 Å². The van der Waals surface area contributed by atoms with Crippen molar-refractivity contribution in [1.29, 1.82) is 0 Å². The number of carboxylic acid groups (broad SMARTS) is 1. The topological polar surface area (TPSA) is 117 Å². The van der Waals surface area contributed by atoms with Gasteiger partial charge in [-0.15, -0.1) is 11.3 Å². The highest BCUT2D eigenvalue weighted by Gasteiger charge is 2.39. The molecule has 2 heterocycles. The quantitative estimate of drug-likeness (QED) is 0.521. The van der Waals surface area contributed by atoms with Crippen LogP contribution < -0.4 is 10.1 Å². The van der Waals surface area contributed by atoms with Crippen LogP contribution in [-0.2, 0) is 10.4 Å². The number of carbonyl (C=O) groups is 1. The number of aryl methyl sites for hydroxylation is 1. The third kappa shape index (κ3) is 4.27. The maximum absolute atomic E-state index is 11.0. The molecule has 1 fully saturated rings. The van der Waals surface area contributed by atoms with Gasteiger partial charge in [-0.2, -0.15) is 4.98 Å². The van der Waals surface area contributed by atoms with E-state index in [2.05, 4.69) is 26.3 Å². The SMILES string of the molecule is Cc1cc(Nc2nccc(O[C@H](C)C(=O)O)n2)cc(-c2cnc(C3(O)CCC3)s2)c1. The van der Waals surface area contributed by atoms with Gasteiger partial charge < -0.3 is 20.3 Å². The van der Waals surface area contributed by atoms with E-state index in [0.29, 0.717) is 5.95 Å². The number of hydrogen-bond donors (Lipinski definition) is 3. The van der Waals surface area contributed by atoms with Crippen LogP contribution in [0, 0.1) is 6.92 Å². The van der Waals surface area contributed by atoms with Gasteiger partial charge in [0.1, 0.15) is 10.6 Å². The molecule has 30 heavy (non-hydrogen) atoms. The largest absolute Gasteiger partial charge is 0.479 e. The molecule has 0 aliphatic heterocycles. The number of thiazole rings is 1. The van der Waals surface area contributed by atoms with Crippen LogP contribution in [0.5, 0.6) is 5.88 Å². The molecule has 2 aromatic heterocycles. The normalized spacial score (nSPS) is 15.8. The monoisotopic (exact) mass is 426 g/mol. The van der Waals surface area contributed by atoms with E-state index in [1.54, 1.807) is 6.20 Å². The van der Waals surface area contributed by atoms with Crippen LogP contribution in [0.15, 0.2) is 36.7 Å². The number of anilines is 2. The maximum Gasteiger partial charge on any atom is 0.344 e. The van der Waals surface area contributed by atoms with Crippen molar-refractivity contribution in [3.05, 3.63) is 47.2 Å². The summed E-state index contributed by atoms with van der Waals surface area (Å²) in [4.78, 5) is 24.8. The van der Waals surface area contributed by atoms with Gasteiger partial charge >= 0.3 is 5.97 Å². The van der Waals surface area contributed by atoms with E-state index in [-0.39, 0.29) is 5.88 Å². The van der Waals surface area contributed by atoms with Crippen molar-refractivity contribution >= 4 is 28.9 Å². The third-order valence-electron chi connectivity index (χ3n) is 4.98. The fraction of sp³-hybridized carbons (Fsp3) is 0.333. The second kappa shape index (κ2) is 8.00. The van der Waals surface area contributed by atoms with Gasteiger partial charge in [-0.25, -0.2) is 14.8 Å². The number of carboxylic acids is 1. The van der Waals surface area contributed by atoms with E-state index in [1.165, 1.54) is 30.5 Å². The van der Waals surface area contributed by atoms with E-state index in [9.17, 15) is 9.90 Å². The highest BCUT2D eigenvalue weighted by Crippen LogP contribution is 2.44. The van der Waals surface area contributed by atoms with Crippen molar-refractivity contribution in [3.63, 3.8) is 0 Å². The molecular weight excluding hydrogens is 404 g/mol. The van der Waals surface area contributed by atoms with Crippen LogP contribution in [-0.4, -0.2) is 37.2 Å². The highest BCUT2D eigenvalue weighted by molar-refractivity contribution is 7.15. The van der Waals surface area contributed by atoms with Gasteiger partial charge in [-0.3, -0.25) is 0 Å². The zero-order valence-corrected chi connectivity index (χ0v) is 17.4. The molecule has 1 aliphatic rings. The molecule has 156 valence electrons. The van der Waals surface area contributed by atoms with Gasteiger partial charge in [0.15, 0.2) is 6.10 Å². The standard InChI is InChI=1S/C21H22N4O4S/c1-12-8-14(16-11-23-19(30-16)21(28)5-3-6-21)10-15(9-12)24-20-22-7-4-17(25-20)29-13(2)18(26)27/h4,7-11,13,28H,3,5-6H2,1-2H3,(H,26,27)(H,22,24,25)/t13-/m1/s1. The molecular formula is C21H22N4O4S. The van der Waals surface area contributed by atoms with Crippen molar-refractivity contribution < 1.29 is 19.7 Å². The van der Waals surface area contributed by atoms with E-state index >= 15 is 0 Å². The zero-order valence-electron chi connectivity index (χ0n) is 16.6. The first-order chi connectivity index (χ1) is 14.3. The summed E-state index contributed by atoms with van der Waals surface area (Å²) < 4.78 is 5.30. The Morgan fingerprint density at radius 2 is 2.10 bits per heavy atom. The lowest BCUT2D eigenvalue weighted by molar-refractivity contribution is -0.144. The number of aliphatic hydroxyl groups is 1. The number of nitrogens with one attached hydrogen (secondary N) is 1. The van der Waals surface area contributed by atoms with E-state index in [0.717, 1.165) is 46.0 Å². The lowest BCUT2D eigenvalue weighted by Gasteiger charge is -2.34. The highest BCUT2D eigenvalue weighted by atomic mass is 32.1. The molecule has 4 rings (SSSR count). The molecule has 0 saturated heterocycles. The Morgan fingerprint density at radius 1 is 1.30 bits per heavy atom. The lowest BCUT2D eigenvalue weighted by Crippen LogP contribution is -2.33. The van der Waals surface area contributed by atoms with Gasteiger partial charge in [0.25, 0.3) is 0 Å². The van der Waals surface area contributed by atoms with Crippen LogP contribution in [0.2, 0.25) is 0 Å². The van der Waals surface area contributed by atoms with Crippen LogP contribution in [0.3, 0.4) is 0 Å². The molecule has 0 amide bonds. The molecule has 1 saturated carbocycles. The minimum absolute atomic E-state index is 0.177. The van der Waals surface area contributed by atoms with Crippen LogP contribution in [0.25, 0.3) is 10.4 Å². The predicted octanol–water partition coefficient (Wildman–Crippen LogP) is 3.88. The number of nitrogens with zero attached hydrogens (tertiary/aromatic N) is 3. The Bertz CT molecular complexity index is 1080. The molecule has 0 spiro atoms. The Labute approximate surface area is 177 Å². The van der Waals surface area contributed by atoms with Crippen LogP contribution in [0.1, 0.15) is 36.8 Å². The molecule has 8 nitrogen and oxygen atoms in total. The van der Waals surface area contributed by atoms with Gasteiger partial charge in [-0.1, -0.05) is 6.07 Å². The summed E-state index contributed by atoms with van der Waals surface area (Å²) in [5, 5.41) is 23.4. The molecule has 1 aromatic carbocycles. The summed E-state index contributed by atoms with van der Waals surface area (Å²) in [6.45, 7) is 3.43. The number of aliphatic carboxylic acids is 1. The molecule has 3 aromatic rings. The third-order valence-corrected chi connectivity index (χ3v) is 6.22. The summed E-state index contributed by atoms with van der Waals surface area (Å²) in [5.74, 6) is -0.589. The minimum Gasteiger partial charge on any atom is -0.479 e. The van der Waals surface area contributed by atoms with Crippen molar-refractivity contribution in [2.45, 2.75) is 44.8 Å².